The van der Waals surface area contributed by atoms with E-state index in [0.29, 0.717) is 16.5 Å². The van der Waals surface area contributed by atoms with E-state index in [0.717, 1.165) is 16.8 Å². The summed E-state index contributed by atoms with van der Waals surface area (Å²) in [5, 5.41) is 8.22. The highest BCUT2D eigenvalue weighted by molar-refractivity contribution is 6.32. The number of nitrogens with one attached hydrogen (secondary N) is 1. The van der Waals surface area contributed by atoms with Gasteiger partial charge in [0.1, 0.15) is 0 Å². The second kappa shape index (κ2) is 7.48. The Morgan fingerprint density at radius 1 is 0.778 bits per heavy atom. The van der Waals surface area contributed by atoms with Crippen molar-refractivity contribution >= 4 is 23.1 Å². The maximum absolute atomic E-state index is 12.3. The van der Waals surface area contributed by atoms with Gasteiger partial charge in [0.15, 0.2) is 5.82 Å². The zero-order valence-corrected chi connectivity index (χ0v) is 15.1. The minimum absolute atomic E-state index is 0.245. The van der Waals surface area contributed by atoms with Crippen LogP contribution in [0.4, 0.5) is 11.5 Å². The minimum Gasteiger partial charge on any atom is -0.338 e. The molecule has 0 unspecified atom stereocenters. The van der Waals surface area contributed by atoms with Gasteiger partial charge < -0.3 is 5.32 Å². The van der Waals surface area contributed by atoms with Crippen LogP contribution in [0.1, 0.15) is 0 Å². The number of benzene rings is 3. The summed E-state index contributed by atoms with van der Waals surface area (Å²) in [5.74, 6) is 0.554. The van der Waals surface area contributed by atoms with Crippen molar-refractivity contribution in [3.8, 4) is 16.8 Å². The van der Waals surface area contributed by atoms with Crippen molar-refractivity contribution < 1.29 is 0 Å². The average Bonchev–Trinajstić information content (AvgIpc) is 2.71. The lowest BCUT2D eigenvalue weighted by Crippen LogP contribution is -2.21. The molecule has 27 heavy (non-hydrogen) atoms. The van der Waals surface area contributed by atoms with E-state index < -0.39 is 0 Å². The number of aromatic nitrogens is 2. The number of anilines is 2. The van der Waals surface area contributed by atoms with Gasteiger partial charge in [-0.05, 0) is 29.8 Å². The van der Waals surface area contributed by atoms with E-state index in [1.54, 1.807) is 18.2 Å². The molecule has 4 rings (SSSR count). The maximum Gasteiger partial charge on any atom is 0.271 e. The molecule has 132 valence electrons. The molecule has 4 nitrogen and oxygen atoms in total. The summed E-state index contributed by atoms with van der Waals surface area (Å²) in [4.78, 5) is 12.3. The summed E-state index contributed by atoms with van der Waals surface area (Å²) in [6, 6.07) is 28.3. The Kier molecular flexibility index (Phi) is 4.73. The van der Waals surface area contributed by atoms with Crippen LogP contribution in [-0.4, -0.2) is 9.78 Å². The predicted octanol–water partition coefficient (Wildman–Crippen LogP) is 5.30. The van der Waals surface area contributed by atoms with Gasteiger partial charge in [-0.3, -0.25) is 4.79 Å². The fourth-order valence-electron chi connectivity index (χ4n) is 2.87. The highest BCUT2D eigenvalue weighted by atomic mass is 35.5. The first-order chi connectivity index (χ1) is 13.2. The lowest BCUT2D eigenvalue weighted by atomic mass is 10.0. The number of para-hydroxylation sites is 2. The highest BCUT2D eigenvalue weighted by Crippen LogP contribution is 2.29. The van der Waals surface area contributed by atoms with Crippen LogP contribution in [0.5, 0.6) is 0 Å². The number of nitrogens with zero attached hydrogens (tertiary/aromatic N) is 2. The van der Waals surface area contributed by atoms with Crippen LogP contribution in [0.3, 0.4) is 0 Å². The predicted molar refractivity (Wildman–Crippen MR) is 110 cm³/mol. The molecule has 1 N–H and O–H groups in total. The summed E-state index contributed by atoms with van der Waals surface area (Å²) in [6.07, 6.45) is 0. The van der Waals surface area contributed by atoms with Crippen LogP contribution in [-0.2, 0) is 0 Å². The maximum atomic E-state index is 12.3. The van der Waals surface area contributed by atoms with Gasteiger partial charge in [0, 0.05) is 17.3 Å². The molecule has 0 amide bonds. The van der Waals surface area contributed by atoms with Gasteiger partial charge in [-0.2, -0.15) is 4.68 Å². The lowest BCUT2D eigenvalue weighted by molar-refractivity contribution is 0.813. The Labute approximate surface area is 161 Å². The van der Waals surface area contributed by atoms with Crippen LogP contribution >= 0.6 is 11.6 Å². The SMILES string of the molecule is O=c1ccc(Nc2ccccc2-c2ccccc2)nn1-c1ccccc1Cl. The van der Waals surface area contributed by atoms with Crippen LogP contribution in [0.15, 0.2) is 95.8 Å². The summed E-state index contributed by atoms with van der Waals surface area (Å²) >= 11 is 6.23. The third kappa shape index (κ3) is 3.61. The number of hydrogen-bond donors (Lipinski definition) is 1. The minimum atomic E-state index is -0.245. The quantitative estimate of drug-likeness (QED) is 0.528. The fourth-order valence-corrected chi connectivity index (χ4v) is 3.09. The second-order valence-corrected chi connectivity index (χ2v) is 6.36. The Hall–Kier alpha value is -3.37. The molecule has 0 bridgehead atoms. The van der Waals surface area contributed by atoms with Crippen molar-refractivity contribution in [2.75, 3.05) is 5.32 Å². The van der Waals surface area contributed by atoms with Crippen LogP contribution in [0.25, 0.3) is 16.8 Å². The fraction of sp³-hybridized carbons (Fsp3) is 0. The molecule has 0 aliphatic rings. The number of hydrogen-bond acceptors (Lipinski definition) is 3. The molecular weight excluding hydrogens is 358 g/mol. The number of rotatable bonds is 4. The topological polar surface area (TPSA) is 46.9 Å². The zero-order valence-electron chi connectivity index (χ0n) is 14.3. The Balaban J connectivity index is 1.74. The van der Waals surface area contributed by atoms with E-state index in [1.807, 2.05) is 54.6 Å². The summed E-state index contributed by atoms with van der Waals surface area (Å²) in [7, 11) is 0. The molecule has 0 aliphatic carbocycles. The summed E-state index contributed by atoms with van der Waals surface area (Å²) in [6.45, 7) is 0. The largest absolute Gasteiger partial charge is 0.338 e. The molecule has 5 heteroatoms. The summed E-state index contributed by atoms with van der Waals surface area (Å²) in [5.41, 5.74) is 3.35. The van der Waals surface area contributed by atoms with E-state index in [9.17, 15) is 4.79 Å². The summed E-state index contributed by atoms with van der Waals surface area (Å²) < 4.78 is 1.30. The molecule has 0 atom stereocenters. The van der Waals surface area contributed by atoms with Crippen LogP contribution in [0.2, 0.25) is 5.02 Å². The number of halogens is 1. The first kappa shape index (κ1) is 17.1. The zero-order chi connectivity index (χ0) is 18.6. The highest BCUT2D eigenvalue weighted by Gasteiger charge is 2.09. The molecular formula is C22H16ClN3O. The molecule has 0 saturated carbocycles. The van der Waals surface area contributed by atoms with E-state index in [2.05, 4.69) is 22.5 Å². The molecule has 1 heterocycles. The Morgan fingerprint density at radius 2 is 1.48 bits per heavy atom. The van der Waals surface area contributed by atoms with Crippen LogP contribution < -0.4 is 10.9 Å². The van der Waals surface area contributed by atoms with Gasteiger partial charge in [0.25, 0.3) is 5.56 Å². The van der Waals surface area contributed by atoms with Gasteiger partial charge in [-0.25, -0.2) is 0 Å². The standard InChI is InChI=1S/C22H16ClN3O/c23-18-11-5-7-13-20(18)26-22(27)15-14-21(25-26)24-19-12-6-4-10-17(19)16-8-2-1-3-9-16/h1-15H,(H,24,25). The van der Waals surface area contributed by atoms with E-state index in [4.69, 9.17) is 11.6 Å². The molecule has 0 fully saturated rings. The third-order valence-electron chi connectivity index (χ3n) is 4.16. The van der Waals surface area contributed by atoms with Crippen molar-refractivity contribution in [3.63, 3.8) is 0 Å². The monoisotopic (exact) mass is 373 g/mol. The van der Waals surface area contributed by atoms with Crippen LogP contribution in [0, 0.1) is 0 Å². The lowest BCUT2D eigenvalue weighted by Gasteiger charge is -2.13. The molecule has 3 aromatic carbocycles. The van der Waals surface area contributed by atoms with Crippen molar-refractivity contribution in [3.05, 3.63) is 106 Å². The molecule has 1 aromatic heterocycles. The average molecular weight is 374 g/mol. The van der Waals surface area contributed by atoms with E-state index in [1.165, 1.54) is 10.7 Å². The van der Waals surface area contributed by atoms with Gasteiger partial charge in [0.05, 0.1) is 10.7 Å². The van der Waals surface area contributed by atoms with Crippen molar-refractivity contribution in [2.45, 2.75) is 0 Å². The normalized spacial score (nSPS) is 10.6. The van der Waals surface area contributed by atoms with Crippen molar-refractivity contribution in [2.24, 2.45) is 0 Å². The van der Waals surface area contributed by atoms with Gasteiger partial charge in [0.2, 0.25) is 0 Å². The molecule has 0 saturated heterocycles. The molecule has 0 radical (unpaired) electrons. The molecule has 4 aromatic rings. The first-order valence-electron chi connectivity index (χ1n) is 8.49. The third-order valence-corrected chi connectivity index (χ3v) is 4.48. The van der Waals surface area contributed by atoms with Crippen molar-refractivity contribution in [1.29, 1.82) is 0 Å². The van der Waals surface area contributed by atoms with Crippen molar-refractivity contribution in [1.82, 2.24) is 9.78 Å². The molecule has 0 spiro atoms. The van der Waals surface area contributed by atoms with Gasteiger partial charge in [-0.15, -0.1) is 5.10 Å². The first-order valence-corrected chi connectivity index (χ1v) is 8.87. The second-order valence-electron chi connectivity index (χ2n) is 5.96. The molecule has 0 aliphatic heterocycles. The smallest absolute Gasteiger partial charge is 0.271 e. The van der Waals surface area contributed by atoms with Gasteiger partial charge in [-0.1, -0.05) is 72.3 Å². The Morgan fingerprint density at radius 3 is 2.30 bits per heavy atom. The van der Waals surface area contributed by atoms with E-state index in [-0.39, 0.29) is 5.56 Å². The van der Waals surface area contributed by atoms with E-state index >= 15 is 0 Å². The van der Waals surface area contributed by atoms with Gasteiger partial charge >= 0.3 is 0 Å². The Bertz CT molecular complexity index is 1140.